The highest BCUT2D eigenvalue weighted by Crippen LogP contribution is 2.50. The van der Waals surface area contributed by atoms with Crippen molar-refractivity contribution in [3.63, 3.8) is 0 Å². The van der Waals surface area contributed by atoms with Crippen molar-refractivity contribution in [3.05, 3.63) is 33.4 Å². The molecule has 2 heteroatoms. The minimum absolute atomic E-state index is 0.222. The molecule has 19 heavy (non-hydrogen) atoms. The first-order chi connectivity index (χ1) is 8.59. The Balaban J connectivity index is 2.19. The van der Waals surface area contributed by atoms with Crippen LogP contribution in [-0.4, -0.2) is 10.7 Å². The van der Waals surface area contributed by atoms with Crippen molar-refractivity contribution < 1.29 is 5.11 Å². The minimum Gasteiger partial charge on any atom is -0.390 e. The number of halogens is 1. The molecule has 1 aromatic rings. The van der Waals surface area contributed by atoms with Gasteiger partial charge in [0.15, 0.2) is 0 Å². The van der Waals surface area contributed by atoms with Crippen LogP contribution in [0.3, 0.4) is 0 Å². The van der Waals surface area contributed by atoms with E-state index in [4.69, 9.17) is 0 Å². The fourth-order valence-electron chi connectivity index (χ4n) is 4.37. The van der Waals surface area contributed by atoms with E-state index in [1.54, 1.807) is 0 Å². The maximum Gasteiger partial charge on any atom is 0.0698 e. The van der Waals surface area contributed by atoms with Gasteiger partial charge in [-0.1, -0.05) is 39.8 Å². The Labute approximate surface area is 130 Å². The molecule has 1 aliphatic carbocycles. The molecule has 0 bridgehead atoms. The Morgan fingerprint density at radius 3 is 1.89 bits per heavy atom. The van der Waals surface area contributed by atoms with Crippen molar-refractivity contribution in [2.75, 3.05) is 0 Å². The Morgan fingerprint density at radius 2 is 1.42 bits per heavy atom. The third-order valence-electron chi connectivity index (χ3n) is 4.02. The number of rotatable bonds is 2. The lowest BCUT2D eigenvalue weighted by Crippen LogP contribution is -2.47. The van der Waals surface area contributed by atoms with E-state index in [1.807, 2.05) is 0 Å². The van der Waals surface area contributed by atoms with E-state index in [9.17, 15) is 5.11 Å². The third-order valence-corrected chi connectivity index (χ3v) is 4.74. The fraction of sp³-hybridized carbons (Fsp3) is 0.647. The van der Waals surface area contributed by atoms with Gasteiger partial charge in [0.1, 0.15) is 0 Å². The van der Waals surface area contributed by atoms with Crippen LogP contribution < -0.4 is 0 Å². The third kappa shape index (κ3) is 4.19. The van der Waals surface area contributed by atoms with E-state index in [0.717, 1.165) is 19.3 Å². The number of hydrogen-bond donors (Lipinski definition) is 1. The molecule has 0 unspecified atom stereocenters. The summed E-state index contributed by atoms with van der Waals surface area (Å²) in [5.41, 5.74) is 1.13. The van der Waals surface area contributed by atoms with E-state index < -0.39 is 5.60 Å². The SMILES string of the molecule is CC1(C)CC(C)(C)CC(O)(Cc2ccc(I)cc2)C1. The van der Waals surface area contributed by atoms with E-state index in [2.05, 4.69) is 74.6 Å². The van der Waals surface area contributed by atoms with E-state index >= 15 is 0 Å². The zero-order valence-electron chi connectivity index (χ0n) is 12.5. The molecule has 0 heterocycles. The highest BCUT2D eigenvalue weighted by molar-refractivity contribution is 14.1. The van der Waals surface area contributed by atoms with Gasteiger partial charge in [-0.2, -0.15) is 0 Å². The molecule has 1 fully saturated rings. The predicted molar refractivity (Wildman–Crippen MR) is 89.2 cm³/mol. The van der Waals surface area contributed by atoms with Crippen LogP contribution in [-0.2, 0) is 6.42 Å². The summed E-state index contributed by atoms with van der Waals surface area (Å²) in [6.07, 6.45) is 3.76. The van der Waals surface area contributed by atoms with Crippen LogP contribution >= 0.6 is 22.6 Å². The maximum absolute atomic E-state index is 11.1. The van der Waals surface area contributed by atoms with Gasteiger partial charge >= 0.3 is 0 Å². The van der Waals surface area contributed by atoms with Crippen LogP contribution in [0, 0.1) is 14.4 Å². The second kappa shape index (κ2) is 5.03. The lowest BCUT2D eigenvalue weighted by atomic mass is 9.58. The quantitative estimate of drug-likeness (QED) is 0.740. The van der Waals surface area contributed by atoms with Gasteiger partial charge in [-0.3, -0.25) is 0 Å². The highest BCUT2D eigenvalue weighted by Gasteiger charge is 2.46. The molecule has 106 valence electrons. The average molecular weight is 372 g/mol. The summed E-state index contributed by atoms with van der Waals surface area (Å²) in [5.74, 6) is 0. The Morgan fingerprint density at radius 1 is 0.947 bits per heavy atom. The van der Waals surface area contributed by atoms with Crippen LogP contribution in [0.1, 0.15) is 52.5 Å². The molecule has 0 saturated heterocycles. The van der Waals surface area contributed by atoms with Crippen molar-refractivity contribution in [2.24, 2.45) is 10.8 Å². The fourth-order valence-corrected chi connectivity index (χ4v) is 4.73. The number of aliphatic hydroxyl groups is 1. The van der Waals surface area contributed by atoms with Crippen molar-refractivity contribution in [1.29, 1.82) is 0 Å². The van der Waals surface area contributed by atoms with Crippen LogP contribution in [0.25, 0.3) is 0 Å². The normalized spacial score (nSPS) is 24.1. The second-order valence-electron chi connectivity index (χ2n) is 7.89. The molecule has 0 radical (unpaired) electrons. The van der Waals surface area contributed by atoms with Gasteiger partial charge < -0.3 is 5.11 Å². The molecule has 1 N–H and O–H groups in total. The summed E-state index contributed by atoms with van der Waals surface area (Å²) < 4.78 is 1.25. The molecule has 1 saturated carbocycles. The largest absolute Gasteiger partial charge is 0.390 e. The monoisotopic (exact) mass is 372 g/mol. The van der Waals surface area contributed by atoms with Gasteiger partial charge in [0, 0.05) is 9.99 Å². The van der Waals surface area contributed by atoms with E-state index in [0.29, 0.717) is 0 Å². The van der Waals surface area contributed by atoms with Crippen LogP contribution in [0.2, 0.25) is 0 Å². The molecule has 1 aliphatic rings. The smallest absolute Gasteiger partial charge is 0.0698 e. The highest BCUT2D eigenvalue weighted by atomic mass is 127. The Hall–Kier alpha value is -0.0900. The molecule has 0 amide bonds. The molecular weight excluding hydrogens is 347 g/mol. The second-order valence-corrected chi connectivity index (χ2v) is 9.13. The van der Waals surface area contributed by atoms with Gasteiger partial charge in [-0.25, -0.2) is 0 Å². The zero-order valence-corrected chi connectivity index (χ0v) is 14.6. The van der Waals surface area contributed by atoms with Crippen molar-refractivity contribution in [2.45, 2.75) is 59.0 Å². The molecule has 0 atom stereocenters. The van der Waals surface area contributed by atoms with Crippen LogP contribution in [0.4, 0.5) is 0 Å². The van der Waals surface area contributed by atoms with Gasteiger partial charge in [-0.15, -0.1) is 0 Å². The van der Waals surface area contributed by atoms with Crippen molar-refractivity contribution in [3.8, 4) is 0 Å². The maximum atomic E-state index is 11.1. The number of benzene rings is 1. The standard InChI is InChI=1S/C17H25IO/c1-15(2)10-16(3,4)12-17(19,11-15)9-13-5-7-14(18)8-6-13/h5-8,19H,9-12H2,1-4H3. The minimum atomic E-state index is -0.558. The molecular formula is C17H25IO. The molecule has 0 spiro atoms. The number of hydrogen-bond acceptors (Lipinski definition) is 1. The molecule has 1 aromatic carbocycles. The van der Waals surface area contributed by atoms with Crippen LogP contribution in [0.5, 0.6) is 0 Å². The van der Waals surface area contributed by atoms with Crippen molar-refractivity contribution >= 4 is 22.6 Å². The molecule has 1 nitrogen and oxygen atoms in total. The first-order valence-corrected chi connectivity index (χ1v) is 8.14. The van der Waals surface area contributed by atoms with Crippen molar-refractivity contribution in [1.82, 2.24) is 0 Å². The molecule has 2 rings (SSSR count). The predicted octanol–water partition coefficient (Wildman–Crippen LogP) is 4.80. The zero-order chi connectivity index (χ0) is 14.3. The lowest BCUT2D eigenvalue weighted by molar-refractivity contribution is -0.0850. The summed E-state index contributed by atoms with van der Waals surface area (Å²) >= 11 is 2.32. The van der Waals surface area contributed by atoms with Gasteiger partial charge in [0.05, 0.1) is 5.60 Å². The summed E-state index contributed by atoms with van der Waals surface area (Å²) in [4.78, 5) is 0. The van der Waals surface area contributed by atoms with Crippen LogP contribution in [0.15, 0.2) is 24.3 Å². The van der Waals surface area contributed by atoms with Gasteiger partial charge in [0.25, 0.3) is 0 Å². The average Bonchev–Trinajstić information content (AvgIpc) is 2.15. The molecule has 0 aromatic heterocycles. The van der Waals surface area contributed by atoms with Gasteiger partial charge in [0.2, 0.25) is 0 Å². The summed E-state index contributed by atoms with van der Waals surface area (Å²) in [7, 11) is 0. The van der Waals surface area contributed by atoms with E-state index in [-0.39, 0.29) is 10.8 Å². The van der Waals surface area contributed by atoms with E-state index in [1.165, 1.54) is 15.6 Å². The first kappa shape index (κ1) is 15.3. The van der Waals surface area contributed by atoms with Gasteiger partial charge in [-0.05, 0) is 70.4 Å². The Bertz CT molecular complexity index is 429. The Kier molecular flexibility index (Phi) is 4.05. The summed E-state index contributed by atoms with van der Waals surface area (Å²) in [5, 5.41) is 11.1. The first-order valence-electron chi connectivity index (χ1n) is 7.06. The summed E-state index contributed by atoms with van der Waals surface area (Å²) in [6.45, 7) is 9.14. The summed E-state index contributed by atoms with van der Waals surface area (Å²) in [6, 6.07) is 8.54. The molecule has 0 aliphatic heterocycles. The topological polar surface area (TPSA) is 20.2 Å². The lowest BCUT2D eigenvalue weighted by Gasteiger charge is -2.49.